The van der Waals surface area contributed by atoms with Gasteiger partial charge in [-0.15, -0.1) is 4.98 Å². The molecule has 2 amide bonds. The van der Waals surface area contributed by atoms with Crippen LogP contribution in [-0.4, -0.2) is 29.3 Å². The summed E-state index contributed by atoms with van der Waals surface area (Å²) in [5.41, 5.74) is -1.33. The van der Waals surface area contributed by atoms with Crippen LogP contribution >= 0.6 is 0 Å². The number of aryl methyl sites for hydroxylation is 1. The van der Waals surface area contributed by atoms with E-state index in [-0.39, 0.29) is 23.2 Å². The Balaban J connectivity index is 1.82. The lowest BCUT2D eigenvalue weighted by Gasteiger charge is -2.43. The van der Waals surface area contributed by atoms with Gasteiger partial charge in [-0.2, -0.15) is 0 Å². The largest absolute Gasteiger partial charge is 0.360 e. The van der Waals surface area contributed by atoms with E-state index in [1.165, 1.54) is 16.0 Å². The van der Waals surface area contributed by atoms with Crippen LogP contribution in [0.25, 0.3) is 4.85 Å². The first-order chi connectivity index (χ1) is 16.3. The van der Waals surface area contributed by atoms with Crippen molar-refractivity contribution in [3.8, 4) is 0 Å². The van der Waals surface area contributed by atoms with Gasteiger partial charge in [0.05, 0.1) is 14.0 Å². The van der Waals surface area contributed by atoms with Crippen molar-refractivity contribution in [2.45, 2.75) is 31.7 Å². The summed E-state index contributed by atoms with van der Waals surface area (Å²) in [5, 5.41) is 1.65. The number of carbonyl (C=O) groups excluding carboxylic acids is 2. The van der Waals surface area contributed by atoms with E-state index in [4.69, 9.17) is 13.4 Å². The lowest BCUT2D eigenvalue weighted by molar-refractivity contribution is -0.124. The van der Waals surface area contributed by atoms with Crippen LogP contribution in [0.4, 0.5) is 21.6 Å². The summed E-state index contributed by atoms with van der Waals surface area (Å²) in [6.07, 6.45) is 2.77. The molecule has 2 heterocycles. The molecule has 1 aromatic heterocycles. The lowest BCUT2D eigenvalue weighted by atomic mass is 9.75. The molecule has 0 bridgehead atoms. The molecule has 1 aromatic carbocycles. The second-order valence-electron chi connectivity index (χ2n) is 7.17. The minimum Gasteiger partial charge on any atom is -0.360 e. The average Bonchev–Trinajstić information content (AvgIpc) is 2.96. The molecule has 0 unspecified atom stereocenters. The van der Waals surface area contributed by atoms with E-state index in [1.54, 1.807) is 18.3 Å². The smallest absolute Gasteiger partial charge is 0.272 e. The number of halogens is 1. The van der Waals surface area contributed by atoms with Crippen LogP contribution in [0.1, 0.15) is 42.0 Å². The van der Waals surface area contributed by atoms with Gasteiger partial charge < -0.3 is 15.1 Å². The molecule has 152 valence electrons. The fraction of sp³-hybridized carbons (Fsp3) is 0.273. The van der Waals surface area contributed by atoms with E-state index in [0.29, 0.717) is 30.5 Å². The number of nitrogens with one attached hydrogen (secondary N) is 1. The molecule has 1 saturated heterocycles. The number of hydrogen-bond donors (Lipinski definition) is 1. The normalized spacial score (nSPS) is 20.0. The van der Waals surface area contributed by atoms with Crippen LogP contribution in [0.15, 0.2) is 42.8 Å². The van der Waals surface area contributed by atoms with Crippen molar-refractivity contribution in [1.82, 2.24) is 10.3 Å². The minimum absolute atomic E-state index is 0.0764. The Hall–Kier alpha value is -3.73. The van der Waals surface area contributed by atoms with Crippen LogP contribution in [0.3, 0.4) is 0 Å². The summed E-state index contributed by atoms with van der Waals surface area (Å²) in [6, 6.07) is 1.18. The molecule has 1 aliphatic carbocycles. The molecule has 0 atom stereocenters. The molecule has 0 radical (unpaired) electrons. The van der Waals surface area contributed by atoms with Crippen molar-refractivity contribution >= 4 is 29.0 Å². The maximum atomic E-state index is 15.2. The fourth-order valence-corrected chi connectivity index (χ4v) is 3.88. The summed E-state index contributed by atoms with van der Waals surface area (Å²) in [4.78, 5) is 35.9. The second-order valence-corrected chi connectivity index (χ2v) is 7.17. The van der Waals surface area contributed by atoms with Gasteiger partial charge in [0.15, 0.2) is 0 Å². The molecular weight excluding hydrogens is 385 g/mol. The van der Waals surface area contributed by atoms with Gasteiger partial charge in [-0.1, -0.05) is 13.2 Å². The third-order valence-corrected chi connectivity index (χ3v) is 5.53. The third kappa shape index (κ3) is 2.66. The van der Waals surface area contributed by atoms with E-state index in [2.05, 4.69) is 16.4 Å². The Morgan fingerprint density at radius 1 is 1.50 bits per heavy atom. The van der Waals surface area contributed by atoms with Crippen molar-refractivity contribution in [2.75, 3.05) is 16.8 Å². The van der Waals surface area contributed by atoms with Crippen molar-refractivity contribution in [1.29, 1.82) is 0 Å². The molecule has 1 saturated carbocycles. The third-order valence-electron chi connectivity index (χ3n) is 5.53. The lowest BCUT2D eigenvalue weighted by Crippen LogP contribution is -2.54. The zero-order valence-corrected chi connectivity index (χ0v) is 16.0. The Bertz CT molecular complexity index is 1330. The number of anilines is 2. The summed E-state index contributed by atoms with van der Waals surface area (Å²) >= 11 is 0. The van der Waals surface area contributed by atoms with Gasteiger partial charge in [-0.25, -0.2) is 4.39 Å². The molecule has 4 rings (SSSR count). The highest BCUT2D eigenvalue weighted by atomic mass is 19.1. The van der Waals surface area contributed by atoms with Crippen LogP contribution in [0.2, 0.25) is 0 Å². The standard InChI is InChI=1S/C22H20FN5O2/c1-13-10-16(12-26-19(13)24-3)27-14(2)28(22(21(27)30)8-5-9-22)15-6-7-17(18(23)11-15)20(29)25-4/h6-7,10-12H,2,5,8-9H2,1,4H3,(H,25,29)/i4D3,6D,11D. The van der Waals surface area contributed by atoms with Gasteiger partial charge in [0, 0.05) is 16.8 Å². The van der Waals surface area contributed by atoms with Gasteiger partial charge in [-0.05, 0) is 56.0 Å². The number of aromatic nitrogens is 1. The molecule has 2 aromatic rings. The highest BCUT2D eigenvalue weighted by molar-refractivity contribution is 6.11. The van der Waals surface area contributed by atoms with Crippen LogP contribution in [0.5, 0.6) is 0 Å². The van der Waals surface area contributed by atoms with E-state index >= 15 is 4.39 Å². The zero-order chi connectivity index (χ0) is 25.9. The Morgan fingerprint density at radius 2 is 2.27 bits per heavy atom. The van der Waals surface area contributed by atoms with Gasteiger partial charge in [0.2, 0.25) is 0 Å². The van der Waals surface area contributed by atoms with Crippen molar-refractivity contribution < 1.29 is 20.8 Å². The second kappa shape index (κ2) is 6.95. The summed E-state index contributed by atoms with van der Waals surface area (Å²) in [7, 11) is 0. The van der Waals surface area contributed by atoms with Crippen LogP contribution < -0.4 is 15.1 Å². The van der Waals surface area contributed by atoms with Crippen LogP contribution in [-0.2, 0) is 4.79 Å². The Morgan fingerprint density at radius 3 is 2.87 bits per heavy atom. The number of benzene rings is 1. The molecule has 7 nitrogen and oxygen atoms in total. The van der Waals surface area contributed by atoms with Gasteiger partial charge >= 0.3 is 0 Å². The quantitative estimate of drug-likeness (QED) is 0.784. The predicted octanol–water partition coefficient (Wildman–Crippen LogP) is 3.69. The van der Waals surface area contributed by atoms with Gasteiger partial charge in [-0.3, -0.25) is 14.5 Å². The minimum atomic E-state index is -2.88. The predicted molar refractivity (Wildman–Crippen MR) is 111 cm³/mol. The highest BCUT2D eigenvalue weighted by Gasteiger charge is 2.59. The van der Waals surface area contributed by atoms with Crippen molar-refractivity contribution in [3.63, 3.8) is 0 Å². The number of rotatable bonds is 3. The van der Waals surface area contributed by atoms with Gasteiger partial charge in [0.1, 0.15) is 23.4 Å². The Labute approximate surface area is 180 Å². The number of hydrogen-bond acceptors (Lipinski definition) is 4. The fourth-order valence-electron chi connectivity index (χ4n) is 3.88. The van der Waals surface area contributed by atoms with E-state index < -0.39 is 41.9 Å². The van der Waals surface area contributed by atoms with Crippen molar-refractivity contribution in [3.05, 3.63) is 71.2 Å². The highest BCUT2D eigenvalue weighted by Crippen LogP contribution is 2.50. The van der Waals surface area contributed by atoms with E-state index in [1.807, 2.05) is 0 Å². The summed E-state index contributed by atoms with van der Waals surface area (Å²) in [6.45, 7) is 9.95. The molecule has 1 N–H and O–H groups in total. The van der Waals surface area contributed by atoms with E-state index in [9.17, 15) is 9.59 Å². The SMILES string of the molecule is [2H]c1cc(C(=O)NC([2H])([2H])[2H])c(F)c([2H])c1N1C(=C)N(c2cnc([N+]#[C-])c(C)c2)C(=O)C12CCC2. The molecule has 8 heteroatoms. The summed E-state index contributed by atoms with van der Waals surface area (Å²) < 4.78 is 53.5. The molecular formula is C22H20FN5O2. The average molecular weight is 410 g/mol. The van der Waals surface area contributed by atoms with Gasteiger partial charge in [0.25, 0.3) is 17.6 Å². The van der Waals surface area contributed by atoms with Crippen molar-refractivity contribution in [2.24, 2.45) is 0 Å². The maximum absolute atomic E-state index is 15.2. The monoisotopic (exact) mass is 410 g/mol. The maximum Gasteiger partial charge on any atom is 0.272 e. The zero-order valence-electron chi connectivity index (χ0n) is 21.0. The molecule has 1 spiro atoms. The topological polar surface area (TPSA) is 69.9 Å². The number of amides is 2. The first kappa shape index (κ1) is 14.3. The molecule has 1 aliphatic heterocycles. The number of carbonyl (C=O) groups is 2. The Kier molecular flexibility index (Phi) is 3.31. The first-order valence-corrected chi connectivity index (χ1v) is 9.12. The van der Waals surface area contributed by atoms with E-state index in [0.717, 1.165) is 6.07 Å². The van der Waals surface area contributed by atoms with Crippen LogP contribution in [0, 0.1) is 19.3 Å². The first-order valence-electron chi connectivity index (χ1n) is 11.6. The molecule has 2 fully saturated rings. The molecule has 2 aliphatic rings. The summed E-state index contributed by atoms with van der Waals surface area (Å²) in [5.74, 6) is -2.73. The molecule has 30 heavy (non-hydrogen) atoms. The number of pyridine rings is 1. The number of nitrogens with zero attached hydrogens (tertiary/aromatic N) is 4.